The number of hydrogen-bond acceptors (Lipinski definition) is 2. The Morgan fingerprint density at radius 3 is 2.05 bits per heavy atom. The summed E-state index contributed by atoms with van der Waals surface area (Å²) in [6, 6.07) is 19.2. The normalized spacial score (nSPS) is 14.2. The summed E-state index contributed by atoms with van der Waals surface area (Å²) in [4.78, 5) is 0. The van der Waals surface area contributed by atoms with Crippen molar-refractivity contribution >= 4 is 5.69 Å². The molecule has 0 amide bonds. The molecule has 0 heterocycles. The lowest BCUT2D eigenvalue weighted by atomic mass is 9.93. The second-order valence-corrected chi connectivity index (χ2v) is 5.65. The topological polar surface area (TPSA) is 38.0 Å². The molecule has 0 aliphatic rings. The maximum absolute atomic E-state index is 6.13. The van der Waals surface area contributed by atoms with Crippen LogP contribution in [-0.4, -0.2) is 0 Å². The van der Waals surface area contributed by atoms with Crippen molar-refractivity contribution in [2.75, 3.05) is 5.73 Å². The van der Waals surface area contributed by atoms with Crippen LogP contribution in [0.1, 0.15) is 44.0 Å². The molecule has 0 saturated carbocycles. The first kappa shape index (κ1) is 14.6. The zero-order valence-electron chi connectivity index (χ0n) is 12.5. The van der Waals surface area contributed by atoms with Crippen LogP contribution in [0.15, 0.2) is 54.6 Å². The maximum atomic E-state index is 6.13. The molecule has 2 rings (SSSR count). The Balaban J connectivity index is 2.21. The van der Waals surface area contributed by atoms with Crippen molar-refractivity contribution in [2.24, 2.45) is 5.92 Å². The molecule has 2 atom stereocenters. The Kier molecular flexibility index (Phi) is 4.80. The number of nitrogens with two attached hydrogens (primary N) is 1. The highest BCUT2D eigenvalue weighted by molar-refractivity contribution is 5.48. The molecule has 20 heavy (non-hydrogen) atoms. The van der Waals surface area contributed by atoms with Gasteiger partial charge >= 0.3 is 0 Å². The smallest absolute Gasteiger partial charge is 0.0369 e. The molecule has 106 valence electrons. The van der Waals surface area contributed by atoms with E-state index < -0.39 is 0 Å². The molecule has 0 radical (unpaired) electrons. The van der Waals surface area contributed by atoms with Crippen LogP contribution in [0, 0.1) is 5.92 Å². The van der Waals surface area contributed by atoms with E-state index in [1.807, 2.05) is 18.2 Å². The number of nitrogen functional groups attached to an aromatic ring is 1. The Bertz CT molecular complexity index is 534. The third kappa shape index (κ3) is 3.40. The van der Waals surface area contributed by atoms with Gasteiger partial charge in [0.2, 0.25) is 0 Å². The molecule has 0 fully saturated rings. The number of hydrogen-bond donors (Lipinski definition) is 2. The first-order valence-corrected chi connectivity index (χ1v) is 7.25. The molecular formula is C18H24N2. The van der Waals surface area contributed by atoms with E-state index in [1.54, 1.807) is 0 Å². The SMILES string of the molecule is CC(NC(c1ccccc1N)C(C)C)c1ccccc1. The van der Waals surface area contributed by atoms with Gasteiger partial charge in [0.05, 0.1) is 0 Å². The van der Waals surface area contributed by atoms with Crippen molar-refractivity contribution in [3.63, 3.8) is 0 Å². The number of nitrogens with one attached hydrogen (secondary N) is 1. The molecule has 0 spiro atoms. The molecule has 2 unspecified atom stereocenters. The van der Waals surface area contributed by atoms with Crippen LogP contribution in [-0.2, 0) is 0 Å². The first-order valence-electron chi connectivity index (χ1n) is 7.25. The number of rotatable bonds is 5. The predicted octanol–water partition coefficient (Wildman–Crippen LogP) is 4.32. The lowest BCUT2D eigenvalue weighted by Crippen LogP contribution is -2.29. The highest BCUT2D eigenvalue weighted by Crippen LogP contribution is 2.29. The summed E-state index contributed by atoms with van der Waals surface area (Å²) in [5.41, 5.74) is 9.48. The van der Waals surface area contributed by atoms with Crippen molar-refractivity contribution in [1.82, 2.24) is 5.32 Å². The largest absolute Gasteiger partial charge is 0.398 e. The summed E-state index contributed by atoms with van der Waals surface area (Å²) in [7, 11) is 0. The molecule has 2 aromatic carbocycles. The standard InChI is InChI=1S/C18H24N2/c1-13(2)18(16-11-7-8-12-17(16)19)20-14(3)15-9-5-4-6-10-15/h4-14,18,20H,19H2,1-3H3. The minimum absolute atomic E-state index is 0.256. The Labute approximate surface area is 122 Å². The van der Waals surface area contributed by atoms with E-state index in [1.165, 1.54) is 11.1 Å². The van der Waals surface area contributed by atoms with E-state index in [2.05, 4.69) is 62.5 Å². The van der Waals surface area contributed by atoms with Crippen LogP contribution in [0.4, 0.5) is 5.69 Å². The van der Waals surface area contributed by atoms with Crippen molar-refractivity contribution in [2.45, 2.75) is 32.9 Å². The molecule has 2 nitrogen and oxygen atoms in total. The molecule has 2 heteroatoms. The van der Waals surface area contributed by atoms with Crippen LogP contribution in [0.25, 0.3) is 0 Å². The summed E-state index contributed by atoms with van der Waals surface area (Å²) < 4.78 is 0. The average Bonchev–Trinajstić information content (AvgIpc) is 2.46. The van der Waals surface area contributed by atoms with E-state index in [-0.39, 0.29) is 6.04 Å². The summed E-state index contributed by atoms with van der Waals surface area (Å²) >= 11 is 0. The van der Waals surface area contributed by atoms with Crippen molar-refractivity contribution in [3.8, 4) is 0 Å². The van der Waals surface area contributed by atoms with E-state index >= 15 is 0 Å². The molecular weight excluding hydrogens is 244 g/mol. The van der Waals surface area contributed by atoms with E-state index in [0.717, 1.165) is 5.69 Å². The van der Waals surface area contributed by atoms with E-state index in [4.69, 9.17) is 5.73 Å². The molecule has 2 aromatic rings. The number of anilines is 1. The van der Waals surface area contributed by atoms with Gasteiger partial charge < -0.3 is 11.1 Å². The first-order chi connectivity index (χ1) is 9.59. The highest BCUT2D eigenvalue weighted by Gasteiger charge is 2.20. The molecule has 0 saturated heterocycles. The van der Waals surface area contributed by atoms with Gasteiger partial charge in [-0.25, -0.2) is 0 Å². The minimum atomic E-state index is 0.256. The van der Waals surface area contributed by atoms with Crippen LogP contribution >= 0.6 is 0 Å². The van der Waals surface area contributed by atoms with Gasteiger partial charge in [-0.1, -0.05) is 62.4 Å². The average molecular weight is 268 g/mol. The quantitative estimate of drug-likeness (QED) is 0.793. The van der Waals surface area contributed by atoms with Crippen LogP contribution in [0.2, 0.25) is 0 Å². The fourth-order valence-corrected chi connectivity index (χ4v) is 2.54. The third-order valence-corrected chi connectivity index (χ3v) is 3.73. The van der Waals surface area contributed by atoms with Crippen molar-refractivity contribution < 1.29 is 0 Å². The highest BCUT2D eigenvalue weighted by atomic mass is 15.0. The Morgan fingerprint density at radius 2 is 1.45 bits per heavy atom. The zero-order chi connectivity index (χ0) is 14.5. The third-order valence-electron chi connectivity index (χ3n) is 3.73. The Hall–Kier alpha value is -1.80. The Morgan fingerprint density at radius 1 is 0.850 bits per heavy atom. The van der Waals surface area contributed by atoms with Crippen LogP contribution in [0.5, 0.6) is 0 Å². The van der Waals surface area contributed by atoms with Crippen molar-refractivity contribution in [3.05, 3.63) is 65.7 Å². The van der Waals surface area contributed by atoms with Gasteiger partial charge in [-0.15, -0.1) is 0 Å². The zero-order valence-corrected chi connectivity index (χ0v) is 12.5. The minimum Gasteiger partial charge on any atom is -0.398 e. The molecule has 0 aliphatic carbocycles. The van der Waals surface area contributed by atoms with Crippen LogP contribution < -0.4 is 11.1 Å². The van der Waals surface area contributed by atoms with Gasteiger partial charge in [-0.05, 0) is 30.0 Å². The van der Waals surface area contributed by atoms with E-state index in [0.29, 0.717) is 12.0 Å². The fraction of sp³-hybridized carbons (Fsp3) is 0.333. The van der Waals surface area contributed by atoms with Gasteiger partial charge in [0.25, 0.3) is 0 Å². The number of benzene rings is 2. The monoisotopic (exact) mass is 268 g/mol. The molecule has 0 aromatic heterocycles. The van der Waals surface area contributed by atoms with Crippen molar-refractivity contribution in [1.29, 1.82) is 0 Å². The van der Waals surface area contributed by atoms with Crippen LogP contribution in [0.3, 0.4) is 0 Å². The second kappa shape index (κ2) is 6.58. The van der Waals surface area contributed by atoms with Gasteiger partial charge in [-0.2, -0.15) is 0 Å². The van der Waals surface area contributed by atoms with Gasteiger partial charge in [0, 0.05) is 17.8 Å². The predicted molar refractivity (Wildman–Crippen MR) is 86.4 cm³/mol. The molecule has 0 aliphatic heterocycles. The molecule has 0 bridgehead atoms. The second-order valence-electron chi connectivity index (χ2n) is 5.65. The van der Waals surface area contributed by atoms with Gasteiger partial charge in [-0.3, -0.25) is 0 Å². The summed E-state index contributed by atoms with van der Waals surface area (Å²) in [6.45, 7) is 6.65. The summed E-state index contributed by atoms with van der Waals surface area (Å²) in [5, 5.41) is 3.71. The number of para-hydroxylation sites is 1. The molecule has 3 N–H and O–H groups in total. The lowest BCUT2D eigenvalue weighted by molar-refractivity contribution is 0.375. The lowest BCUT2D eigenvalue weighted by Gasteiger charge is -2.28. The maximum Gasteiger partial charge on any atom is 0.0369 e. The summed E-state index contributed by atoms with van der Waals surface area (Å²) in [6.07, 6.45) is 0. The van der Waals surface area contributed by atoms with Gasteiger partial charge in [0.15, 0.2) is 0 Å². The van der Waals surface area contributed by atoms with Gasteiger partial charge in [0.1, 0.15) is 0 Å². The summed E-state index contributed by atoms with van der Waals surface area (Å²) in [5.74, 6) is 0.478. The fourth-order valence-electron chi connectivity index (χ4n) is 2.54. The van der Waals surface area contributed by atoms with E-state index in [9.17, 15) is 0 Å².